The third kappa shape index (κ3) is 3.38. The van der Waals surface area contributed by atoms with Gasteiger partial charge in [-0.2, -0.15) is 0 Å². The first-order chi connectivity index (χ1) is 8.99. The molecule has 1 heterocycles. The lowest BCUT2D eigenvalue weighted by Gasteiger charge is -2.10. The van der Waals surface area contributed by atoms with Gasteiger partial charge in [0, 0.05) is 25.1 Å². The van der Waals surface area contributed by atoms with E-state index in [9.17, 15) is 4.79 Å². The Morgan fingerprint density at radius 1 is 1.42 bits per heavy atom. The Bertz CT molecular complexity index is 625. The number of anilines is 1. The molecule has 3 nitrogen and oxygen atoms in total. The summed E-state index contributed by atoms with van der Waals surface area (Å²) in [5.41, 5.74) is 7.86. The third-order valence-corrected chi connectivity index (χ3v) is 5.14. The number of benzene rings is 1. The van der Waals surface area contributed by atoms with Crippen molar-refractivity contribution in [2.75, 3.05) is 5.73 Å². The van der Waals surface area contributed by atoms with Crippen molar-refractivity contribution in [3.05, 3.63) is 48.5 Å². The zero-order chi connectivity index (χ0) is 14.0. The number of hydrogen-bond acceptors (Lipinski definition) is 3. The van der Waals surface area contributed by atoms with Crippen LogP contribution in [-0.4, -0.2) is 5.91 Å². The van der Waals surface area contributed by atoms with Crippen molar-refractivity contribution in [3.63, 3.8) is 0 Å². The molecule has 0 spiro atoms. The summed E-state index contributed by atoms with van der Waals surface area (Å²) in [6.45, 7) is 2.35. The maximum atomic E-state index is 12.2. The van der Waals surface area contributed by atoms with Crippen LogP contribution < -0.4 is 11.1 Å². The Balaban J connectivity index is 2.15. The van der Waals surface area contributed by atoms with Crippen molar-refractivity contribution >= 4 is 54.8 Å². The minimum Gasteiger partial charge on any atom is -0.398 e. The molecule has 1 aromatic heterocycles. The lowest BCUT2D eigenvalue weighted by atomic mass is 10.1. The van der Waals surface area contributed by atoms with Crippen LogP contribution in [0.5, 0.6) is 0 Å². The summed E-state index contributed by atoms with van der Waals surface area (Å²) < 4.78 is 1.82. The molecule has 1 amide bonds. The number of amides is 1. The highest BCUT2D eigenvalue weighted by atomic mass is 79.9. The summed E-state index contributed by atoms with van der Waals surface area (Å²) in [6.07, 6.45) is 0. The monoisotopic (exact) mass is 402 g/mol. The van der Waals surface area contributed by atoms with E-state index in [0.717, 1.165) is 19.4 Å². The first-order valence-electron chi connectivity index (χ1n) is 5.54. The van der Waals surface area contributed by atoms with E-state index in [0.29, 0.717) is 17.8 Å². The number of hydrogen-bond donors (Lipinski definition) is 2. The largest absolute Gasteiger partial charge is 0.398 e. The molecule has 0 aliphatic rings. The quantitative estimate of drug-likeness (QED) is 0.758. The second kappa shape index (κ2) is 6.07. The van der Waals surface area contributed by atoms with Gasteiger partial charge in [0.25, 0.3) is 5.91 Å². The molecule has 6 heteroatoms. The summed E-state index contributed by atoms with van der Waals surface area (Å²) in [5, 5.41) is 4.88. The van der Waals surface area contributed by atoms with Crippen molar-refractivity contribution in [1.29, 1.82) is 0 Å². The van der Waals surface area contributed by atoms with Gasteiger partial charge in [0.1, 0.15) is 0 Å². The Labute approximate surface area is 132 Å². The van der Waals surface area contributed by atoms with E-state index in [4.69, 9.17) is 5.73 Å². The van der Waals surface area contributed by atoms with Crippen LogP contribution in [0.1, 0.15) is 20.8 Å². The van der Waals surface area contributed by atoms with Crippen molar-refractivity contribution in [1.82, 2.24) is 5.32 Å². The van der Waals surface area contributed by atoms with Crippen LogP contribution in [0, 0.1) is 6.92 Å². The highest BCUT2D eigenvalue weighted by Crippen LogP contribution is 2.24. The Kier molecular flexibility index (Phi) is 4.65. The van der Waals surface area contributed by atoms with Gasteiger partial charge in [-0.3, -0.25) is 4.79 Å². The first kappa shape index (κ1) is 14.6. The second-order valence-electron chi connectivity index (χ2n) is 4.04. The number of nitrogen functional groups attached to an aromatic ring is 1. The van der Waals surface area contributed by atoms with Gasteiger partial charge in [-0.25, -0.2) is 0 Å². The van der Waals surface area contributed by atoms with Crippen LogP contribution >= 0.6 is 43.2 Å². The minimum absolute atomic E-state index is 0.120. The number of thiophene rings is 1. The average Bonchev–Trinajstić information content (AvgIpc) is 2.76. The van der Waals surface area contributed by atoms with Crippen molar-refractivity contribution in [3.8, 4) is 0 Å². The number of nitrogens with two attached hydrogens (primary N) is 1. The van der Waals surface area contributed by atoms with E-state index in [1.54, 1.807) is 23.5 Å². The predicted octanol–water partition coefficient (Wildman–Crippen LogP) is 4.09. The lowest BCUT2D eigenvalue weighted by Crippen LogP contribution is -2.23. The summed E-state index contributed by atoms with van der Waals surface area (Å²) in [4.78, 5) is 13.3. The van der Waals surface area contributed by atoms with Crippen LogP contribution in [0.25, 0.3) is 0 Å². The lowest BCUT2D eigenvalue weighted by molar-refractivity contribution is 0.0950. The number of carbonyl (C=O) groups excluding carboxylic acids is 1. The van der Waals surface area contributed by atoms with E-state index in [1.807, 2.05) is 18.4 Å². The molecule has 0 radical (unpaired) electrons. The standard InChI is InChI=1S/C13H12Br2N2OS/c1-7-9(4-8(14)5-11(7)16)13(18)17-6-12-10(15)2-3-19-12/h2-5H,6,16H2,1H3,(H,17,18). The molecule has 0 saturated carbocycles. The molecule has 19 heavy (non-hydrogen) atoms. The minimum atomic E-state index is -0.120. The van der Waals surface area contributed by atoms with Crippen LogP contribution in [-0.2, 0) is 6.54 Å². The fourth-order valence-electron chi connectivity index (χ4n) is 1.64. The van der Waals surface area contributed by atoms with Gasteiger partial charge >= 0.3 is 0 Å². The summed E-state index contributed by atoms with van der Waals surface area (Å²) in [7, 11) is 0. The molecule has 0 bridgehead atoms. The van der Waals surface area contributed by atoms with Crippen LogP contribution in [0.15, 0.2) is 32.5 Å². The summed E-state index contributed by atoms with van der Waals surface area (Å²) >= 11 is 8.40. The normalized spacial score (nSPS) is 10.5. The van der Waals surface area contributed by atoms with Gasteiger partial charge in [-0.15, -0.1) is 11.3 Å². The highest BCUT2D eigenvalue weighted by molar-refractivity contribution is 9.10. The molecule has 0 saturated heterocycles. The van der Waals surface area contributed by atoms with Crippen LogP contribution in [0.4, 0.5) is 5.69 Å². The predicted molar refractivity (Wildman–Crippen MR) is 86.5 cm³/mol. The molecule has 3 N–H and O–H groups in total. The van der Waals surface area contributed by atoms with Gasteiger partial charge in [-0.1, -0.05) is 15.9 Å². The molecule has 100 valence electrons. The maximum absolute atomic E-state index is 12.2. The molecular formula is C13H12Br2N2OS. The van der Waals surface area contributed by atoms with E-state index in [1.165, 1.54) is 0 Å². The highest BCUT2D eigenvalue weighted by Gasteiger charge is 2.12. The number of halogens is 2. The van der Waals surface area contributed by atoms with E-state index in [2.05, 4.69) is 37.2 Å². The fourth-order valence-corrected chi connectivity index (χ4v) is 3.55. The summed E-state index contributed by atoms with van der Waals surface area (Å²) in [5.74, 6) is -0.120. The van der Waals surface area contributed by atoms with Crippen LogP contribution in [0.2, 0.25) is 0 Å². The topological polar surface area (TPSA) is 55.1 Å². The van der Waals surface area contributed by atoms with Gasteiger partial charge in [-0.05, 0) is 52.0 Å². The molecule has 0 aliphatic carbocycles. The molecule has 1 aromatic carbocycles. The molecule has 0 fully saturated rings. The Morgan fingerprint density at radius 2 is 2.16 bits per heavy atom. The van der Waals surface area contributed by atoms with Crippen LogP contribution in [0.3, 0.4) is 0 Å². The van der Waals surface area contributed by atoms with E-state index >= 15 is 0 Å². The maximum Gasteiger partial charge on any atom is 0.251 e. The van der Waals surface area contributed by atoms with Crippen molar-refractivity contribution in [2.24, 2.45) is 0 Å². The molecule has 2 aromatic rings. The smallest absolute Gasteiger partial charge is 0.251 e. The SMILES string of the molecule is Cc1c(N)cc(Br)cc1C(=O)NCc1sccc1Br. The molecule has 0 unspecified atom stereocenters. The molecule has 0 atom stereocenters. The van der Waals surface area contributed by atoms with Crippen molar-refractivity contribution in [2.45, 2.75) is 13.5 Å². The van der Waals surface area contributed by atoms with Gasteiger partial charge in [0.05, 0.1) is 6.54 Å². The number of carbonyl (C=O) groups is 1. The summed E-state index contributed by atoms with van der Waals surface area (Å²) in [6, 6.07) is 5.54. The van der Waals surface area contributed by atoms with Gasteiger partial charge < -0.3 is 11.1 Å². The molecule has 2 rings (SSSR count). The fraction of sp³-hybridized carbons (Fsp3) is 0.154. The third-order valence-electron chi connectivity index (χ3n) is 2.76. The van der Waals surface area contributed by atoms with E-state index < -0.39 is 0 Å². The van der Waals surface area contributed by atoms with Gasteiger partial charge in [0.15, 0.2) is 0 Å². The zero-order valence-corrected chi connectivity index (χ0v) is 14.2. The van der Waals surface area contributed by atoms with Crippen molar-refractivity contribution < 1.29 is 4.79 Å². The zero-order valence-electron chi connectivity index (χ0n) is 10.2. The van der Waals surface area contributed by atoms with E-state index in [-0.39, 0.29) is 5.91 Å². The Morgan fingerprint density at radius 3 is 2.79 bits per heavy atom. The molecule has 0 aliphatic heterocycles. The number of nitrogens with one attached hydrogen (secondary N) is 1. The number of rotatable bonds is 3. The van der Waals surface area contributed by atoms with Gasteiger partial charge in [0.2, 0.25) is 0 Å². The Hall–Kier alpha value is -0.850. The molecular weight excluding hydrogens is 392 g/mol. The average molecular weight is 404 g/mol. The second-order valence-corrected chi connectivity index (χ2v) is 6.81. The first-order valence-corrected chi connectivity index (χ1v) is 8.01.